The van der Waals surface area contributed by atoms with Gasteiger partial charge in [0.25, 0.3) is 0 Å². The van der Waals surface area contributed by atoms with Gasteiger partial charge in [-0.1, -0.05) is 29.4 Å². The van der Waals surface area contributed by atoms with Crippen LogP contribution in [-0.4, -0.2) is 44.4 Å². The summed E-state index contributed by atoms with van der Waals surface area (Å²) in [7, 11) is 1.58. The molecule has 1 N–H and O–H groups in total. The van der Waals surface area contributed by atoms with Crippen molar-refractivity contribution in [3.8, 4) is 6.01 Å². The summed E-state index contributed by atoms with van der Waals surface area (Å²) in [5.41, 5.74) is 0.957. The third-order valence-electron chi connectivity index (χ3n) is 4.59. The first kappa shape index (κ1) is 20.1. The maximum Gasteiger partial charge on any atom is 0.316 e. The molecular weight excluding hydrogens is 378 g/mol. The SMILES string of the molecule is CCn1c(OC)nnc1[C@@H](C)NS(=O)(=O)c1cccc2c(N(C)C)cccc12. The number of aromatic nitrogens is 3. The van der Waals surface area contributed by atoms with Crippen LogP contribution in [0.3, 0.4) is 0 Å². The number of hydrogen-bond donors (Lipinski definition) is 1. The quantitative estimate of drug-likeness (QED) is 0.652. The highest BCUT2D eigenvalue weighted by Gasteiger charge is 2.25. The number of ether oxygens (including phenoxy) is 1. The van der Waals surface area contributed by atoms with Crippen LogP contribution in [0.5, 0.6) is 6.01 Å². The van der Waals surface area contributed by atoms with E-state index in [0.717, 1.165) is 11.1 Å². The molecule has 1 heterocycles. The summed E-state index contributed by atoms with van der Waals surface area (Å²) in [4.78, 5) is 2.19. The number of fused-ring (bicyclic) bond motifs is 1. The molecule has 0 bridgehead atoms. The Morgan fingerprint density at radius 2 is 1.82 bits per heavy atom. The monoisotopic (exact) mass is 403 g/mol. The van der Waals surface area contributed by atoms with Crippen LogP contribution in [0.4, 0.5) is 5.69 Å². The van der Waals surface area contributed by atoms with Gasteiger partial charge in [-0.15, -0.1) is 5.10 Å². The van der Waals surface area contributed by atoms with Gasteiger partial charge in [0.15, 0.2) is 5.82 Å². The van der Waals surface area contributed by atoms with Crippen molar-refractivity contribution in [2.75, 3.05) is 26.1 Å². The second kappa shape index (κ2) is 7.76. The Labute approximate surface area is 165 Å². The highest BCUT2D eigenvalue weighted by Crippen LogP contribution is 2.30. The first-order chi connectivity index (χ1) is 13.3. The first-order valence-electron chi connectivity index (χ1n) is 8.98. The summed E-state index contributed by atoms with van der Waals surface area (Å²) >= 11 is 0. The second-order valence-corrected chi connectivity index (χ2v) is 8.34. The lowest BCUT2D eigenvalue weighted by molar-refractivity contribution is 0.354. The van der Waals surface area contributed by atoms with Crippen molar-refractivity contribution in [1.29, 1.82) is 0 Å². The van der Waals surface area contributed by atoms with E-state index in [1.54, 1.807) is 23.6 Å². The molecule has 0 aliphatic carbocycles. The summed E-state index contributed by atoms with van der Waals surface area (Å²) in [6.07, 6.45) is 0. The number of nitrogens with one attached hydrogen (secondary N) is 1. The molecule has 1 aromatic heterocycles. The Balaban J connectivity index is 2.02. The molecule has 1 atom stereocenters. The van der Waals surface area contributed by atoms with E-state index in [4.69, 9.17) is 4.74 Å². The molecule has 3 rings (SSSR count). The van der Waals surface area contributed by atoms with Crippen LogP contribution < -0.4 is 14.4 Å². The van der Waals surface area contributed by atoms with Gasteiger partial charge in [-0.3, -0.25) is 4.57 Å². The zero-order valence-corrected chi connectivity index (χ0v) is 17.5. The zero-order chi connectivity index (χ0) is 20.5. The van der Waals surface area contributed by atoms with Crippen molar-refractivity contribution in [3.63, 3.8) is 0 Å². The highest BCUT2D eigenvalue weighted by atomic mass is 32.2. The van der Waals surface area contributed by atoms with Crippen molar-refractivity contribution in [3.05, 3.63) is 42.2 Å². The molecule has 0 aliphatic rings. The van der Waals surface area contributed by atoms with Gasteiger partial charge in [0, 0.05) is 37.1 Å². The first-order valence-corrected chi connectivity index (χ1v) is 10.5. The van der Waals surface area contributed by atoms with Crippen molar-refractivity contribution in [2.24, 2.45) is 0 Å². The molecule has 0 unspecified atom stereocenters. The van der Waals surface area contributed by atoms with E-state index >= 15 is 0 Å². The van der Waals surface area contributed by atoms with Crippen LogP contribution in [0.25, 0.3) is 10.8 Å². The van der Waals surface area contributed by atoms with E-state index in [2.05, 4.69) is 14.9 Å². The van der Waals surface area contributed by atoms with Crippen LogP contribution in [-0.2, 0) is 16.6 Å². The summed E-state index contributed by atoms with van der Waals surface area (Å²) in [6, 6.07) is 10.7. The summed E-state index contributed by atoms with van der Waals surface area (Å²) in [5, 5.41) is 9.60. The van der Waals surface area contributed by atoms with E-state index < -0.39 is 16.1 Å². The Morgan fingerprint density at radius 1 is 1.14 bits per heavy atom. The van der Waals surface area contributed by atoms with Gasteiger partial charge in [0.2, 0.25) is 10.0 Å². The Kier molecular flexibility index (Phi) is 5.57. The second-order valence-electron chi connectivity index (χ2n) is 6.65. The molecule has 9 heteroatoms. The number of anilines is 1. The minimum atomic E-state index is -3.79. The fourth-order valence-corrected chi connectivity index (χ4v) is 4.73. The molecule has 0 fully saturated rings. The van der Waals surface area contributed by atoms with E-state index in [0.29, 0.717) is 23.8 Å². The topological polar surface area (TPSA) is 89.3 Å². The summed E-state index contributed by atoms with van der Waals surface area (Å²) in [5.74, 6) is 0.497. The summed E-state index contributed by atoms with van der Waals surface area (Å²) < 4.78 is 36.0. The largest absolute Gasteiger partial charge is 0.467 e. The van der Waals surface area contributed by atoms with Gasteiger partial charge in [-0.05, 0) is 26.0 Å². The third-order valence-corrected chi connectivity index (χ3v) is 6.19. The number of benzene rings is 2. The Hall–Kier alpha value is -2.65. The van der Waals surface area contributed by atoms with Crippen LogP contribution >= 0.6 is 0 Å². The van der Waals surface area contributed by atoms with Gasteiger partial charge in [0.05, 0.1) is 18.0 Å². The number of methoxy groups -OCH3 is 1. The van der Waals surface area contributed by atoms with Crippen LogP contribution in [0, 0.1) is 0 Å². The van der Waals surface area contributed by atoms with Gasteiger partial charge >= 0.3 is 6.01 Å². The lowest BCUT2D eigenvalue weighted by atomic mass is 10.1. The lowest BCUT2D eigenvalue weighted by Gasteiger charge is -2.18. The summed E-state index contributed by atoms with van der Waals surface area (Å²) in [6.45, 7) is 4.23. The zero-order valence-electron chi connectivity index (χ0n) is 16.7. The molecule has 0 aliphatic heterocycles. The van der Waals surface area contributed by atoms with Gasteiger partial charge < -0.3 is 9.64 Å². The molecular formula is C19H25N5O3S. The van der Waals surface area contributed by atoms with Gasteiger partial charge in [-0.25, -0.2) is 13.1 Å². The lowest BCUT2D eigenvalue weighted by Crippen LogP contribution is -2.29. The fraction of sp³-hybridized carbons (Fsp3) is 0.368. The van der Waals surface area contributed by atoms with Crippen molar-refractivity contribution in [1.82, 2.24) is 19.5 Å². The molecule has 0 saturated carbocycles. The highest BCUT2D eigenvalue weighted by molar-refractivity contribution is 7.89. The maximum atomic E-state index is 13.2. The molecule has 3 aromatic rings. The molecule has 150 valence electrons. The van der Waals surface area contributed by atoms with Crippen molar-refractivity contribution in [2.45, 2.75) is 31.3 Å². The minimum absolute atomic E-state index is 0.232. The molecule has 0 saturated heterocycles. The van der Waals surface area contributed by atoms with Crippen LogP contribution in [0.1, 0.15) is 25.7 Å². The molecule has 2 aromatic carbocycles. The molecule has 0 amide bonds. The van der Waals surface area contributed by atoms with E-state index in [-0.39, 0.29) is 4.90 Å². The predicted molar refractivity (Wildman–Crippen MR) is 109 cm³/mol. The average molecular weight is 404 g/mol. The van der Waals surface area contributed by atoms with E-state index in [1.807, 2.05) is 50.2 Å². The number of hydrogen-bond acceptors (Lipinski definition) is 6. The number of sulfonamides is 1. The van der Waals surface area contributed by atoms with Crippen LogP contribution in [0.2, 0.25) is 0 Å². The molecule has 8 nitrogen and oxygen atoms in total. The van der Waals surface area contributed by atoms with Crippen molar-refractivity contribution >= 4 is 26.5 Å². The Bertz CT molecular complexity index is 1090. The predicted octanol–water partition coefficient (Wildman–Crippen LogP) is 2.57. The molecule has 0 spiro atoms. The van der Waals surface area contributed by atoms with Gasteiger partial charge in [0.1, 0.15) is 0 Å². The standard InChI is InChI=1S/C19H25N5O3S/c1-6-24-18(20-21-19(24)27-5)13(2)22-28(25,26)17-12-8-9-14-15(17)10-7-11-16(14)23(3)4/h7-13,22H,6H2,1-5H3/t13-/m1/s1. The third kappa shape index (κ3) is 3.55. The average Bonchev–Trinajstić information content (AvgIpc) is 3.09. The smallest absolute Gasteiger partial charge is 0.316 e. The van der Waals surface area contributed by atoms with E-state index in [1.165, 1.54) is 7.11 Å². The molecule has 28 heavy (non-hydrogen) atoms. The normalized spacial score (nSPS) is 12.9. The fourth-order valence-electron chi connectivity index (χ4n) is 3.31. The van der Waals surface area contributed by atoms with E-state index in [9.17, 15) is 8.42 Å². The number of nitrogens with zero attached hydrogens (tertiary/aromatic N) is 4. The molecule has 0 radical (unpaired) electrons. The van der Waals surface area contributed by atoms with Crippen molar-refractivity contribution < 1.29 is 13.2 Å². The maximum absolute atomic E-state index is 13.2. The van der Waals surface area contributed by atoms with Gasteiger partial charge in [-0.2, -0.15) is 0 Å². The Morgan fingerprint density at radius 3 is 2.46 bits per heavy atom. The number of rotatable bonds is 7. The van der Waals surface area contributed by atoms with Crippen LogP contribution in [0.15, 0.2) is 41.3 Å². The minimum Gasteiger partial charge on any atom is -0.467 e.